The fraction of sp³-hybridized carbons (Fsp3) is 0.294. The van der Waals surface area contributed by atoms with Gasteiger partial charge in [-0.05, 0) is 44.3 Å². The van der Waals surface area contributed by atoms with Gasteiger partial charge in [0.25, 0.3) is 0 Å². The SMILES string of the molecule is CN[C@@H](c1ccc(C)cc1)[C@@H](NC)c1ccc(F)cc1. The van der Waals surface area contributed by atoms with E-state index in [2.05, 4.69) is 41.8 Å². The number of benzene rings is 2. The van der Waals surface area contributed by atoms with Crippen LogP contribution in [0.5, 0.6) is 0 Å². The zero-order valence-corrected chi connectivity index (χ0v) is 12.2. The summed E-state index contributed by atoms with van der Waals surface area (Å²) in [6, 6.07) is 15.4. The van der Waals surface area contributed by atoms with Crippen molar-refractivity contribution in [1.29, 1.82) is 0 Å². The maximum absolute atomic E-state index is 13.1. The molecule has 2 rings (SSSR count). The molecule has 0 fully saturated rings. The second-order valence-corrected chi connectivity index (χ2v) is 4.99. The lowest BCUT2D eigenvalue weighted by molar-refractivity contribution is 0.432. The minimum Gasteiger partial charge on any atom is -0.311 e. The predicted octanol–water partition coefficient (Wildman–Crippen LogP) is 3.36. The van der Waals surface area contributed by atoms with Gasteiger partial charge in [0.2, 0.25) is 0 Å². The van der Waals surface area contributed by atoms with Gasteiger partial charge in [0.05, 0.1) is 12.1 Å². The number of aryl methyl sites for hydroxylation is 1. The van der Waals surface area contributed by atoms with Crippen LogP contribution in [0.2, 0.25) is 0 Å². The molecule has 0 saturated heterocycles. The number of hydrogen-bond acceptors (Lipinski definition) is 2. The Bertz CT molecular complexity index is 482. The van der Waals surface area contributed by atoms with Gasteiger partial charge in [0.15, 0.2) is 0 Å². The Balaban J connectivity index is 2.32. The standard InChI is InChI=1S/C17H21FN2/c1-12-4-6-13(7-5-12)16(19-2)17(20-3)14-8-10-15(18)11-9-14/h4-11,16-17,19-20H,1-3H3/t16-,17-/m0/s1. The fourth-order valence-corrected chi connectivity index (χ4v) is 2.50. The van der Waals surface area contributed by atoms with Crippen LogP contribution in [0, 0.1) is 12.7 Å². The zero-order chi connectivity index (χ0) is 14.5. The van der Waals surface area contributed by atoms with Gasteiger partial charge in [0, 0.05) is 0 Å². The average molecular weight is 272 g/mol. The number of halogens is 1. The van der Waals surface area contributed by atoms with Gasteiger partial charge in [-0.25, -0.2) is 4.39 Å². The second-order valence-electron chi connectivity index (χ2n) is 4.99. The van der Waals surface area contributed by atoms with Crippen LogP contribution in [0.15, 0.2) is 48.5 Å². The summed E-state index contributed by atoms with van der Waals surface area (Å²) < 4.78 is 13.1. The largest absolute Gasteiger partial charge is 0.311 e. The van der Waals surface area contributed by atoms with E-state index >= 15 is 0 Å². The van der Waals surface area contributed by atoms with Gasteiger partial charge in [-0.15, -0.1) is 0 Å². The van der Waals surface area contributed by atoms with E-state index in [-0.39, 0.29) is 17.9 Å². The van der Waals surface area contributed by atoms with E-state index < -0.39 is 0 Å². The van der Waals surface area contributed by atoms with Gasteiger partial charge < -0.3 is 10.6 Å². The van der Waals surface area contributed by atoms with E-state index in [1.165, 1.54) is 23.3 Å². The summed E-state index contributed by atoms with van der Waals surface area (Å²) in [6.07, 6.45) is 0. The Kier molecular flexibility index (Phi) is 4.88. The van der Waals surface area contributed by atoms with Crippen molar-refractivity contribution in [2.75, 3.05) is 14.1 Å². The first-order valence-electron chi connectivity index (χ1n) is 6.82. The van der Waals surface area contributed by atoms with Crippen LogP contribution in [0.3, 0.4) is 0 Å². The molecule has 20 heavy (non-hydrogen) atoms. The summed E-state index contributed by atoms with van der Waals surface area (Å²) in [5.74, 6) is -0.208. The molecule has 0 radical (unpaired) electrons. The Hall–Kier alpha value is -1.71. The highest BCUT2D eigenvalue weighted by molar-refractivity contribution is 5.29. The molecule has 0 aliphatic heterocycles. The molecular formula is C17H21FN2. The van der Waals surface area contributed by atoms with Crippen molar-refractivity contribution in [3.05, 3.63) is 71.0 Å². The van der Waals surface area contributed by atoms with E-state index in [0.29, 0.717) is 0 Å². The summed E-state index contributed by atoms with van der Waals surface area (Å²) in [5.41, 5.74) is 3.52. The van der Waals surface area contributed by atoms with Crippen LogP contribution < -0.4 is 10.6 Å². The number of rotatable bonds is 5. The molecule has 2 atom stereocenters. The molecule has 0 amide bonds. The molecule has 0 spiro atoms. The third-order valence-corrected chi connectivity index (χ3v) is 3.62. The Labute approximate surface area is 120 Å². The summed E-state index contributed by atoms with van der Waals surface area (Å²) in [5, 5.41) is 6.66. The Morgan fingerprint density at radius 2 is 1.15 bits per heavy atom. The van der Waals surface area contributed by atoms with Crippen LogP contribution in [0.25, 0.3) is 0 Å². The minimum atomic E-state index is -0.208. The molecule has 2 aromatic carbocycles. The smallest absolute Gasteiger partial charge is 0.123 e. The maximum Gasteiger partial charge on any atom is 0.123 e. The van der Waals surface area contributed by atoms with E-state index in [4.69, 9.17) is 0 Å². The lowest BCUT2D eigenvalue weighted by Crippen LogP contribution is -2.31. The molecule has 3 heteroatoms. The highest BCUT2D eigenvalue weighted by Crippen LogP contribution is 2.28. The molecule has 106 valence electrons. The number of likely N-dealkylation sites (N-methyl/N-ethyl adjacent to an activating group) is 2. The first kappa shape index (κ1) is 14.7. The molecule has 2 N–H and O–H groups in total. The monoisotopic (exact) mass is 272 g/mol. The molecule has 2 aromatic rings. The second kappa shape index (κ2) is 6.64. The van der Waals surface area contributed by atoms with Crippen LogP contribution in [0.4, 0.5) is 4.39 Å². The third kappa shape index (κ3) is 3.24. The topological polar surface area (TPSA) is 24.1 Å². The predicted molar refractivity (Wildman–Crippen MR) is 81.2 cm³/mol. The zero-order valence-electron chi connectivity index (χ0n) is 12.2. The van der Waals surface area contributed by atoms with Gasteiger partial charge >= 0.3 is 0 Å². The van der Waals surface area contributed by atoms with Crippen molar-refractivity contribution in [3.63, 3.8) is 0 Å². The van der Waals surface area contributed by atoms with Crippen molar-refractivity contribution in [1.82, 2.24) is 10.6 Å². The van der Waals surface area contributed by atoms with E-state index in [0.717, 1.165) is 5.56 Å². The van der Waals surface area contributed by atoms with Crippen molar-refractivity contribution in [3.8, 4) is 0 Å². The molecule has 0 unspecified atom stereocenters. The van der Waals surface area contributed by atoms with Crippen LogP contribution in [-0.4, -0.2) is 14.1 Å². The highest BCUT2D eigenvalue weighted by atomic mass is 19.1. The fourth-order valence-electron chi connectivity index (χ4n) is 2.50. The summed E-state index contributed by atoms with van der Waals surface area (Å²) in [7, 11) is 3.87. The molecule has 0 aliphatic carbocycles. The van der Waals surface area contributed by atoms with Crippen LogP contribution in [0.1, 0.15) is 28.8 Å². The molecule has 0 aliphatic rings. The van der Waals surface area contributed by atoms with E-state index in [1.807, 2.05) is 26.2 Å². The highest BCUT2D eigenvalue weighted by Gasteiger charge is 2.21. The molecule has 0 bridgehead atoms. The van der Waals surface area contributed by atoms with E-state index in [1.54, 1.807) is 0 Å². The Morgan fingerprint density at radius 1 is 0.750 bits per heavy atom. The first-order valence-corrected chi connectivity index (χ1v) is 6.82. The third-order valence-electron chi connectivity index (χ3n) is 3.62. The van der Waals surface area contributed by atoms with Gasteiger partial charge in [0.1, 0.15) is 5.82 Å². The van der Waals surface area contributed by atoms with Gasteiger partial charge in [-0.2, -0.15) is 0 Å². The summed E-state index contributed by atoms with van der Waals surface area (Å²) in [6.45, 7) is 2.08. The minimum absolute atomic E-state index is 0.0864. The average Bonchev–Trinajstić information content (AvgIpc) is 2.47. The van der Waals surface area contributed by atoms with Gasteiger partial charge in [-0.1, -0.05) is 42.0 Å². The quantitative estimate of drug-likeness (QED) is 0.872. The molecular weight excluding hydrogens is 251 g/mol. The normalized spacial score (nSPS) is 14.0. The Morgan fingerprint density at radius 3 is 1.55 bits per heavy atom. The summed E-state index contributed by atoms with van der Waals surface area (Å²) >= 11 is 0. The maximum atomic E-state index is 13.1. The lowest BCUT2D eigenvalue weighted by atomic mass is 9.93. The molecule has 0 saturated carbocycles. The van der Waals surface area contributed by atoms with Crippen molar-refractivity contribution in [2.45, 2.75) is 19.0 Å². The lowest BCUT2D eigenvalue weighted by Gasteiger charge is -2.27. The van der Waals surface area contributed by atoms with Crippen LogP contribution in [-0.2, 0) is 0 Å². The van der Waals surface area contributed by atoms with Crippen molar-refractivity contribution >= 4 is 0 Å². The van der Waals surface area contributed by atoms with Gasteiger partial charge in [-0.3, -0.25) is 0 Å². The van der Waals surface area contributed by atoms with E-state index in [9.17, 15) is 4.39 Å². The number of nitrogens with one attached hydrogen (secondary N) is 2. The first-order chi connectivity index (χ1) is 9.65. The van der Waals surface area contributed by atoms with Crippen LogP contribution >= 0.6 is 0 Å². The number of hydrogen-bond donors (Lipinski definition) is 2. The molecule has 0 aromatic heterocycles. The van der Waals surface area contributed by atoms with Crippen molar-refractivity contribution < 1.29 is 4.39 Å². The molecule has 2 nitrogen and oxygen atoms in total. The summed E-state index contributed by atoms with van der Waals surface area (Å²) in [4.78, 5) is 0. The molecule has 0 heterocycles. The van der Waals surface area contributed by atoms with Crippen molar-refractivity contribution in [2.24, 2.45) is 0 Å².